The van der Waals surface area contributed by atoms with Gasteiger partial charge < -0.3 is 15.0 Å². The Bertz CT molecular complexity index is 883. The highest BCUT2D eigenvalue weighted by molar-refractivity contribution is 5.81. The maximum absolute atomic E-state index is 14.6. The number of imidazole rings is 1. The van der Waals surface area contributed by atoms with E-state index in [0.717, 1.165) is 5.56 Å². The van der Waals surface area contributed by atoms with Crippen LogP contribution >= 0.6 is 0 Å². The van der Waals surface area contributed by atoms with E-state index in [9.17, 15) is 8.78 Å². The Kier molecular flexibility index (Phi) is 3.84. The van der Waals surface area contributed by atoms with Crippen LogP contribution in [0.15, 0.2) is 43.0 Å². The molecule has 2 aromatic heterocycles. The zero-order valence-electron chi connectivity index (χ0n) is 13.3. The first kappa shape index (κ1) is 15.9. The number of nitrogens with two attached hydrogens (primary N) is 1. The van der Waals surface area contributed by atoms with E-state index in [-0.39, 0.29) is 12.4 Å². The summed E-state index contributed by atoms with van der Waals surface area (Å²) in [6, 6.07) is 8.51. The molecule has 4 rings (SSSR count). The Hall–Kier alpha value is -2.61. The lowest BCUT2D eigenvalue weighted by Crippen LogP contribution is -2.51. The van der Waals surface area contributed by atoms with Gasteiger partial charge in [0, 0.05) is 0 Å². The molecule has 8 heteroatoms. The van der Waals surface area contributed by atoms with E-state index in [1.807, 2.05) is 30.3 Å². The minimum atomic E-state index is -2.88. The summed E-state index contributed by atoms with van der Waals surface area (Å²) in [7, 11) is 0. The molecule has 0 spiro atoms. The van der Waals surface area contributed by atoms with Crippen molar-refractivity contribution in [1.82, 2.24) is 19.5 Å². The van der Waals surface area contributed by atoms with E-state index in [1.165, 1.54) is 17.2 Å². The molecule has 130 valence electrons. The molecular formula is C17H17F2N5O. The van der Waals surface area contributed by atoms with E-state index in [2.05, 4.69) is 15.0 Å². The molecule has 2 atom stereocenters. The molecule has 1 aliphatic carbocycles. The molecule has 3 aromatic rings. The predicted octanol–water partition coefficient (Wildman–Crippen LogP) is 2.82. The monoisotopic (exact) mass is 345 g/mol. The van der Waals surface area contributed by atoms with Crippen molar-refractivity contribution in [1.29, 1.82) is 0 Å². The fourth-order valence-corrected chi connectivity index (χ4v) is 3.16. The Morgan fingerprint density at radius 2 is 2.00 bits per heavy atom. The maximum Gasteiger partial charge on any atom is 0.273 e. The minimum absolute atomic E-state index is 0.0160. The Balaban J connectivity index is 1.43. The van der Waals surface area contributed by atoms with Crippen molar-refractivity contribution in [2.75, 3.05) is 12.3 Å². The lowest BCUT2D eigenvalue weighted by Gasteiger charge is -2.44. The lowest BCUT2D eigenvalue weighted by atomic mass is 9.76. The molecule has 0 amide bonds. The van der Waals surface area contributed by atoms with Crippen molar-refractivity contribution in [3.8, 4) is 0 Å². The van der Waals surface area contributed by atoms with Gasteiger partial charge in [0.15, 0.2) is 11.5 Å². The molecular weight excluding hydrogens is 328 g/mol. The highest BCUT2D eigenvalue weighted by Crippen LogP contribution is 2.52. The quantitative estimate of drug-likeness (QED) is 0.769. The molecule has 1 saturated carbocycles. The van der Waals surface area contributed by atoms with Crippen LogP contribution in [-0.4, -0.2) is 32.0 Å². The second-order valence-corrected chi connectivity index (χ2v) is 6.21. The number of nitrogens with zero attached hydrogens (tertiary/aromatic N) is 4. The molecule has 0 aliphatic heterocycles. The number of rotatable bonds is 5. The van der Waals surface area contributed by atoms with Crippen LogP contribution in [0.3, 0.4) is 0 Å². The van der Waals surface area contributed by atoms with Gasteiger partial charge in [0.05, 0.1) is 25.5 Å². The summed E-state index contributed by atoms with van der Waals surface area (Å²) in [6.07, 6.45) is 2.92. The van der Waals surface area contributed by atoms with Crippen LogP contribution in [0.2, 0.25) is 0 Å². The van der Waals surface area contributed by atoms with Gasteiger partial charge in [-0.1, -0.05) is 30.3 Å². The molecule has 0 saturated heterocycles. The van der Waals surface area contributed by atoms with Crippen molar-refractivity contribution in [2.45, 2.75) is 25.0 Å². The van der Waals surface area contributed by atoms with Crippen LogP contribution in [0.25, 0.3) is 11.2 Å². The van der Waals surface area contributed by atoms with Crippen LogP contribution in [0.4, 0.5) is 14.6 Å². The molecule has 2 unspecified atom stereocenters. The van der Waals surface area contributed by atoms with Crippen molar-refractivity contribution in [2.24, 2.45) is 5.92 Å². The van der Waals surface area contributed by atoms with Crippen molar-refractivity contribution in [3.63, 3.8) is 0 Å². The third-order valence-corrected chi connectivity index (χ3v) is 4.65. The number of hydrogen-bond donors (Lipinski definition) is 1. The fourth-order valence-electron chi connectivity index (χ4n) is 3.16. The SMILES string of the molecule is Nc1ncnc2c1ncn2C1CC(COCc2ccccc2)C1(F)F. The fraction of sp³-hybridized carbons (Fsp3) is 0.353. The van der Waals surface area contributed by atoms with Gasteiger partial charge in [-0.3, -0.25) is 0 Å². The van der Waals surface area contributed by atoms with Gasteiger partial charge in [0.1, 0.15) is 17.9 Å². The smallest absolute Gasteiger partial charge is 0.273 e. The number of hydrogen-bond acceptors (Lipinski definition) is 5. The van der Waals surface area contributed by atoms with Crippen LogP contribution in [0.1, 0.15) is 18.0 Å². The van der Waals surface area contributed by atoms with Crippen LogP contribution in [0, 0.1) is 5.92 Å². The Morgan fingerprint density at radius 1 is 1.20 bits per heavy atom. The first-order valence-corrected chi connectivity index (χ1v) is 8.00. The number of halogens is 2. The Labute approximate surface area is 142 Å². The van der Waals surface area contributed by atoms with Gasteiger partial charge in [-0.05, 0) is 12.0 Å². The number of anilines is 1. The first-order valence-electron chi connectivity index (χ1n) is 8.00. The van der Waals surface area contributed by atoms with Crippen molar-refractivity contribution in [3.05, 3.63) is 48.5 Å². The molecule has 1 aliphatic rings. The van der Waals surface area contributed by atoms with Crippen molar-refractivity contribution >= 4 is 17.0 Å². The van der Waals surface area contributed by atoms with Gasteiger partial charge in [-0.15, -0.1) is 0 Å². The van der Waals surface area contributed by atoms with E-state index >= 15 is 0 Å². The first-order chi connectivity index (χ1) is 12.1. The number of aromatic nitrogens is 4. The third-order valence-electron chi connectivity index (χ3n) is 4.65. The summed E-state index contributed by atoms with van der Waals surface area (Å²) in [5, 5.41) is 0. The van der Waals surface area contributed by atoms with Crippen molar-refractivity contribution < 1.29 is 13.5 Å². The van der Waals surface area contributed by atoms with E-state index in [4.69, 9.17) is 10.5 Å². The minimum Gasteiger partial charge on any atom is -0.382 e. The van der Waals surface area contributed by atoms with E-state index in [1.54, 1.807) is 0 Å². The van der Waals surface area contributed by atoms with Crippen LogP contribution in [-0.2, 0) is 11.3 Å². The number of fused-ring (bicyclic) bond motifs is 1. The molecule has 0 radical (unpaired) electrons. The van der Waals surface area contributed by atoms with Gasteiger partial charge in [-0.2, -0.15) is 0 Å². The zero-order valence-corrected chi connectivity index (χ0v) is 13.3. The highest BCUT2D eigenvalue weighted by Gasteiger charge is 2.58. The van der Waals surface area contributed by atoms with Gasteiger partial charge in [0.2, 0.25) is 0 Å². The summed E-state index contributed by atoms with van der Waals surface area (Å²) >= 11 is 0. The molecule has 1 fully saturated rings. The second kappa shape index (κ2) is 6.03. The highest BCUT2D eigenvalue weighted by atomic mass is 19.3. The van der Waals surface area contributed by atoms with E-state index in [0.29, 0.717) is 24.2 Å². The number of alkyl halides is 2. The lowest BCUT2D eigenvalue weighted by molar-refractivity contribution is -0.195. The molecule has 25 heavy (non-hydrogen) atoms. The molecule has 2 heterocycles. The summed E-state index contributed by atoms with van der Waals surface area (Å²) in [6.45, 7) is 0.345. The van der Waals surface area contributed by atoms with Crippen LogP contribution < -0.4 is 5.73 Å². The maximum atomic E-state index is 14.6. The van der Waals surface area contributed by atoms with Crippen LogP contribution in [0.5, 0.6) is 0 Å². The van der Waals surface area contributed by atoms with Gasteiger partial charge in [0.25, 0.3) is 5.92 Å². The van der Waals surface area contributed by atoms with E-state index < -0.39 is 17.9 Å². The average Bonchev–Trinajstić information content (AvgIpc) is 3.03. The third kappa shape index (κ3) is 2.72. The summed E-state index contributed by atoms with van der Waals surface area (Å²) in [5.41, 5.74) is 7.36. The standard InChI is InChI=1S/C17H17F2N5O/c18-17(19)12(8-25-7-11-4-2-1-3-5-11)6-13(17)24-10-23-14-15(20)21-9-22-16(14)24/h1-5,9-10,12-13H,6-8H2,(H2,20,21,22). The molecule has 2 N–H and O–H groups in total. The zero-order chi connectivity index (χ0) is 17.4. The topological polar surface area (TPSA) is 78.9 Å². The normalized spacial score (nSPS) is 22.0. The average molecular weight is 345 g/mol. The second-order valence-electron chi connectivity index (χ2n) is 6.21. The number of nitrogen functional groups attached to an aromatic ring is 1. The summed E-state index contributed by atoms with van der Waals surface area (Å²) in [4.78, 5) is 11.9. The molecule has 6 nitrogen and oxygen atoms in total. The van der Waals surface area contributed by atoms with Gasteiger partial charge in [-0.25, -0.2) is 23.7 Å². The molecule has 1 aromatic carbocycles. The van der Waals surface area contributed by atoms with Gasteiger partial charge >= 0.3 is 0 Å². The largest absolute Gasteiger partial charge is 0.382 e. The predicted molar refractivity (Wildman–Crippen MR) is 87.9 cm³/mol. The summed E-state index contributed by atoms with van der Waals surface area (Å²) in [5.74, 6) is -3.52. The number of ether oxygens (including phenoxy) is 1. The molecule has 0 bridgehead atoms. The number of benzene rings is 1. The Morgan fingerprint density at radius 3 is 2.76 bits per heavy atom. The summed E-state index contributed by atoms with van der Waals surface area (Å²) < 4.78 is 36.0.